The summed E-state index contributed by atoms with van der Waals surface area (Å²) in [6.07, 6.45) is 18.3. The van der Waals surface area contributed by atoms with Crippen molar-refractivity contribution in [3.05, 3.63) is 53.6 Å². The summed E-state index contributed by atoms with van der Waals surface area (Å²) in [5, 5.41) is 0. The third-order valence-corrected chi connectivity index (χ3v) is 3.24. The molecule has 6 nitrogen and oxygen atoms in total. The van der Waals surface area contributed by atoms with Gasteiger partial charge in [-0.25, -0.2) is 14.4 Å². The maximum Gasteiger partial charge on any atom is 0.389 e. The Hall–Kier alpha value is -4.73. The van der Waals surface area contributed by atoms with Gasteiger partial charge in [0.1, 0.15) is 17.2 Å². The van der Waals surface area contributed by atoms with Crippen LogP contribution < -0.4 is 14.2 Å². The van der Waals surface area contributed by atoms with Crippen LogP contribution in [-0.4, -0.2) is 17.9 Å². The molecule has 0 bridgehead atoms. The van der Waals surface area contributed by atoms with Crippen LogP contribution in [0, 0.1) is 37.0 Å². The van der Waals surface area contributed by atoms with Gasteiger partial charge in [-0.05, 0) is 35.4 Å². The molecule has 2 aromatic carbocycles. The Labute approximate surface area is 167 Å². The number of esters is 3. The molecule has 0 aliphatic heterocycles. The summed E-state index contributed by atoms with van der Waals surface area (Å²) in [5.41, 5.74) is 1.30. The molecule has 2 aromatic rings. The maximum absolute atomic E-state index is 11.3. The number of hydrogen-bond donors (Lipinski definition) is 0. The van der Waals surface area contributed by atoms with Crippen LogP contribution in [-0.2, 0) is 14.4 Å². The van der Waals surface area contributed by atoms with Crippen LogP contribution in [0.4, 0.5) is 0 Å². The molecule has 0 amide bonds. The fraction of sp³-hybridized carbons (Fsp3) is 0. The largest absolute Gasteiger partial charge is 0.417 e. The minimum Gasteiger partial charge on any atom is -0.417 e. The first-order chi connectivity index (χ1) is 13.9. The standard InChI is InChI=1S/C23H12O6/c1-4-21(24)27-18-11-9-16(10-12-18)7-8-17-13-19(28-22(25)5-2)15-20(14-17)29-23(26)6-3/h1-3,7-15H. The van der Waals surface area contributed by atoms with Crippen molar-refractivity contribution in [1.29, 1.82) is 0 Å². The summed E-state index contributed by atoms with van der Waals surface area (Å²) >= 11 is 0. The lowest BCUT2D eigenvalue weighted by molar-refractivity contribution is -0.129. The third-order valence-electron chi connectivity index (χ3n) is 3.24. The van der Waals surface area contributed by atoms with E-state index in [4.69, 9.17) is 33.5 Å². The van der Waals surface area contributed by atoms with Crippen LogP contribution >= 0.6 is 0 Å². The van der Waals surface area contributed by atoms with E-state index in [1.54, 1.807) is 36.4 Å². The molecule has 0 atom stereocenters. The first-order valence-electron chi connectivity index (χ1n) is 7.92. The number of terminal acetylenes is 3. The van der Waals surface area contributed by atoms with Crippen molar-refractivity contribution in [2.45, 2.75) is 0 Å². The zero-order valence-electron chi connectivity index (χ0n) is 14.9. The van der Waals surface area contributed by atoms with E-state index in [0.717, 1.165) is 5.56 Å². The molecule has 0 saturated heterocycles. The Morgan fingerprint density at radius 3 is 1.48 bits per heavy atom. The van der Waals surface area contributed by atoms with Crippen LogP contribution in [0.25, 0.3) is 12.2 Å². The molecule has 0 heterocycles. The molecule has 140 valence electrons. The molecular weight excluding hydrogens is 372 g/mol. The summed E-state index contributed by atoms with van der Waals surface area (Å²) in [4.78, 5) is 33.7. The Morgan fingerprint density at radius 2 is 1.03 bits per heavy atom. The van der Waals surface area contributed by atoms with Gasteiger partial charge in [-0.1, -0.05) is 24.3 Å². The number of rotatable bonds is 5. The fourth-order valence-electron chi connectivity index (χ4n) is 2.06. The molecule has 0 radical (unpaired) electrons. The Bertz CT molecular complexity index is 1060. The van der Waals surface area contributed by atoms with Crippen molar-refractivity contribution >= 4 is 30.1 Å². The van der Waals surface area contributed by atoms with Crippen molar-refractivity contribution in [3.8, 4) is 54.3 Å². The minimum atomic E-state index is -0.905. The van der Waals surface area contributed by atoms with Crippen LogP contribution in [0.1, 0.15) is 11.1 Å². The van der Waals surface area contributed by atoms with Gasteiger partial charge in [-0.3, -0.25) is 0 Å². The summed E-state index contributed by atoms with van der Waals surface area (Å²) in [5.74, 6) is 3.34. The van der Waals surface area contributed by atoms with E-state index in [0.29, 0.717) is 11.3 Å². The van der Waals surface area contributed by atoms with Gasteiger partial charge in [0.25, 0.3) is 0 Å². The van der Waals surface area contributed by atoms with E-state index in [9.17, 15) is 14.4 Å². The molecule has 0 saturated carbocycles. The lowest BCUT2D eigenvalue weighted by Crippen LogP contribution is -2.06. The molecular formula is C23H12O6. The average molecular weight is 384 g/mol. The number of hydrogen-bond acceptors (Lipinski definition) is 6. The minimum absolute atomic E-state index is 0.0754. The highest BCUT2D eigenvalue weighted by Gasteiger charge is 2.08. The molecule has 0 N–H and O–H groups in total. The van der Waals surface area contributed by atoms with Crippen molar-refractivity contribution < 1.29 is 28.6 Å². The van der Waals surface area contributed by atoms with E-state index >= 15 is 0 Å². The number of carbonyl (C=O) groups is 3. The molecule has 0 aliphatic carbocycles. The van der Waals surface area contributed by atoms with Gasteiger partial charge in [0.05, 0.1) is 0 Å². The smallest absolute Gasteiger partial charge is 0.389 e. The topological polar surface area (TPSA) is 78.9 Å². The second kappa shape index (κ2) is 9.83. The average Bonchev–Trinajstić information content (AvgIpc) is 2.72. The van der Waals surface area contributed by atoms with E-state index in [1.807, 2.05) is 17.8 Å². The molecule has 0 spiro atoms. The van der Waals surface area contributed by atoms with E-state index < -0.39 is 17.9 Å². The Morgan fingerprint density at radius 1 is 0.621 bits per heavy atom. The van der Waals surface area contributed by atoms with Gasteiger partial charge in [-0.2, -0.15) is 0 Å². The van der Waals surface area contributed by atoms with E-state index in [-0.39, 0.29) is 11.5 Å². The highest BCUT2D eigenvalue weighted by molar-refractivity contribution is 5.91. The van der Waals surface area contributed by atoms with Crippen LogP contribution in [0.5, 0.6) is 17.2 Å². The second-order valence-electron chi connectivity index (χ2n) is 5.24. The van der Waals surface area contributed by atoms with E-state index in [2.05, 4.69) is 0 Å². The number of carbonyl (C=O) groups excluding carboxylic acids is 3. The maximum atomic E-state index is 11.3. The summed E-state index contributed by atoms with van der Waals surface area (Å²) in [7, 11) is 0. The lowest BCUT2D eigenvalue weighted by atomic mass is 10.1. The molecule has 0 aromatic heterocycles. The van der Waals surface area contributed by atoms with Gasteiger partial charge in [0, 0.05) is 23.8 Å². The first kappa shape index (κ1) is 20.6. The normalized spacial score (nSPS) is 9.55. The van der Waals surface area contributed by atoms with E-state index in [1.165, 1.54) is 18.2 Å². The quantitative estimate of drug-likeness (QED) is 0.259. The monoisotopic (exact) mass is 384 g/mol. The zero-order valence-corrected chi connectivity index (χ0v) is 14.9. The highest BCUT2D eigenvalue weighted by atomic mass is 16.5. The van der Waals surface area contributed by atoms with Crippen molar-refractivity contribution in [3.63, 3.8) is 0 Å². The van der Waals surface area contributed by atoms with Crippen LogP contribution in [0.3, 0.4) is 0 Å². The van der Waals surface area contributed by atoms with Crippen molar-refractivity contribution in [1.82, 2.24) is 0 Å². The predicted octanol–water partition coefficient (Wildman–Crippen LogP) is 2.47. The molecule has 29 heavy (non-hydrogen) atoms. The van der Waals surface area contributed by atoms with Gasteiger partial charge in [-0.15, -0.1) is 19.3 Å². The van der Waals surface area contributed by atoms with Crippen LogP contribution in [0.2, 0.25) is 0 Å². The molecule has 0 unspecified atom stereocenters. The molecule has 6 heteroatoms. The van der Waals surface area contributed by atoms with Gasteiger partial charge >= 0.3 is 17.9 Å². The molecule has 2 rings (SSSR count). The molecule has 0 aliphatic rings. The third kappa shape index (κ3) is 6.49. The predicted molar refractivity (Wildman–Crippen MR) is 105 cm³/mol. The van der Waals surface area contributed by atoms with Crippen LogP contribution in [0.15, 0.2) is 42.5 Å². The second-order valence-corrected chi connectivity index (χ2v) is 5.24. The zero-order chi connectivity index (χ0) is 21.2. The highest BCUT2D eigenvalue weighted by Crippen LogP contribution is 2.25. The first-order valence-corrected chi connectivity index (χ1v) is 7.92. The summed E-state index contributed by atoms with van der Waals surface area (Å²) < 4.78 is 14.8. The number of benzene rings is 2. The van der Waals surface area contributed by atoms with Crippen molar-refractivity contribution in [2.75, 3.05) is 0 Å². The van der Waals surface area contributed by atoms with Gasteiger partial charge < -0.3 is 14.2 Å². The Balaban J connectivity index is 2.25. The number of ether oxygens (including phenoxy) is 3. The summed E-state index contributed by atoms with van der Waals surface area (Å²) in [6, 6.07) is 10.9. The van der Waals surface area contributed by atoms with Crippen molar-refractivity contribution in [2.24, 2.45) is 0 Å². The van der Waals surface area contributed by atoms with Gasteiger partial charge in [0.15, 0.2) is 0 Å². The Kier molecular flexibility index (Phi) is 6.97. The fourth-order valence-corrected chi connectivity index (χ4v) is 2.06. The van der Waals surface area contributed by atoms with Gasteiger partial charge in [0.2, 0.25) is 0 Å². The molecule has 0 fully saturated rings. The SMILES string of the molecule is C#CC(=O)Oc1ccc(C=Cc2cc(OC(=O)C#C)cc(OC(=O)C#C)c2)cc1. The lowest BCUT2D eigenvalue weighted by Gasteiger charge is -2.06. The summed E-state index contributed by atoms with van der Waals surface area (Å²) in [6.45, 7) is 0.